The Kier molecular flexibility index (Phi) is 5.99. The first kappa shape index (κ1) is 18.4. The normalized spacial score (nSPS) is 10.5. The predicted octanol–water partition coefficient (Wildman–Crippen LogP) is 2.32. The number of nitrogens with zero attached hydrogens (tertiary/aromatic N) is 3. The maximum absolute atomic E-state index is 12.8. The Morgan fingerprint density at radius 3 is 2.30 bits per heavy atom. The summed E-state index contributed by atoms with van der Waals surface area (Å²) < 4.78 is 1.74. The minimum atomic E-state index is -0.419. The highest BCUT2D eigenvalue weighted by molar-refractivity contribution is 5.80. The molecule has 3 rings (SSSR count). The van der Waals surface area contributed by atoms with Crippen LogP contribution in [0.1, 0.15) is 17.5 Å². The summed E-state index contributed by atoms with van der Waals surface area (Å²) in [5.74, 6) is -0.481. The van der Waals surface area contributed by atoms with Crippen LogP contribution in [0.5, 0.6) is 0 Å². The molecule has 0 aliphatic carbocycles. The molecular formula is C21H22N4O2. The quantitative estimate of drug-likeness (QED) is 0.668. The molecule has 1 aromatic heterocycles. The van der Waals surface area contributed by atoms with E-state index in [9.17, 15) is 9.59 Å². The number of hydrogen-bond acceptors (Lipinski definition) is 3. The van der Waals surface area contributed by atoms with Crippen LogP contribution in [0.2, 0.25) is 0 Å². The highest BCUT2D eigenvalue weighted by Gasteiger charge is 2.16. The average molecular weight is 362 g/mol. The smallest absolute Gasteiger partial charge is 0.227 e. The van der Waals surface area contributed by atoms with Crippen LogP contribution in [0, 0.1) is 0 Å². The highest BCUT2D eigenvalue weighted by Crippen LogP contribution is 2.11. The van der Waals surface area contributed by atoms with Crippen LogP contribution in [0.3, 0.4) is 0 Å². The second kappa shape index (κ2) is 8.80. The van der Waals surface area contributed by atoms with Crippen LogP contribution in [0.15, 0.2) is 73.1 Å². The van der Waals surface area contributed by atoms with Crippen LogP contribution in [-0.2, 0) is 22.6 Å². The summed E-state index contributed by atoms with van der Waals surface area (Å²) in [6.45, 7) is 0.746. The van der Waals surface area contributed by atoms with E-state index in [0.29, 0.717) is 13.1 Å². The fourth-order valence-corrected chi connectivity index (χ4v) is 2.80. The number of nitrogens with two attached hydrogens (primary N) is 1. The minimum absolute atomic E-state index is 0.0623. The Balaban J connectivity index is 1.70. The van der Waals surface area contributed by atoms with Crippen molar-refractivity contribution in [2.75, 3.05) is 6.54 Å². The lowest BCUT2D eigenvalue weighted by molar-refractivity contribution is -0.131. The van der Waals surface area contributed by atoms with Crippen LogP contribution in [0.4, 0.5) is 0 Å². The van der Waals surface area contributed by atoms with Crippen LogP contribution >= 0.6 is 0 Å². The first-order chi connectivity index (χ1) is 13.1. The fourth-order valence-electron chi connectivity index (χ4n) is 2.80. The third-order valence-electron chi connectivity index (χ3n) is 4.21. The second-order valence-electron chi connectivity index (χ2n) is 6.32. The maximum atomic E-state index is 12.8. The molecule has 6 heteroatoms. The first-order valence-electron chi connectivity index (χ1n) is 8.81. The Hall–Kier alpha value is -3.41. The lowest BCUT2D eigenvalue weighted by Crippen LogP contribution is -2.34. The molecule has 1 heterocycles. The SMILES string of the molecule is NC(=O)CCN(Cc1ccccc1)C(=O)Cc1cnn(-c2ccccc2)c1. The predicted molar refractivity (Wildman–Crippen MR) is 103 cm³/mol. The van der Waals surface area contributed by atoms with Crippen molar-refractivity contribution in [3.63, 3.8) is 0 Å². The molecule has 0 fully saturated rings. The van der Waals surface area contributed by atoms with Crippen molar-refractivity contribution in [3.8, 4) is 5.69 Å². The zero-order valence-corrected chi connectivity index (χ0v) is 15.0. The van der Waals surface area contributed by atoms with E-state index in [1.54, 1.807) is 15.8 Å². The van der Waals surface area contributed by atoms with Gasteiger partial charge in [0.15, 0.2) is 0 Å². The van der Waals surface area contributed by atoms with Crippen LogP contribution in [-0.4, -0.2) is 33.0 Å². The van der Waals surface area contributed by atoms with Crippen molar-refractivity contribution >= 4 is 11.8 Å². The Morgan fingerprint density at radius 1 is 0.963 bits per heavy atom. The van der Waals surface area contributed by atoms with Crippen LogP contribution in [0.25, 0.3) is 5.69 Å². The largest absolute Gasteiger partial charge is 0.370 e. The third-order valence-corrected chi connectivity index (χ3v) is 4.21. The van der Waals surface area contributed by atoms with Crippen molar-refractivity contribution in [1.29, 1.82) is 0 Å². The van der Waals surface area contributed by atoms with E-state index in [1.807, 2.05) is 66.9 Å². The summed E-state index contributed by atoms with van der Waals surface area (Å²) in [4.78, 5) is 25.6. The van der Waals surface area contributed by atoms with Gasteiger partial charge in [-0.1, -0.05) is 48.5 Å². The number of carbonyl (C=O) groups is 2. The number of benzene rings is 2. The second-order valence-corrected chi connectivity index (χ2v) is 6.32. The van der Waals surface area contributed by atoms with E-state index in [4.69, 9.17) is 5.73 Å². The van der Waals surface area contributed by atoms with Crippen molar-refractivity contribution in [3.05, 3.63) is 84.2 Å². The van der Waals surface area contributed by atoms with Crippen molar-refractivity contribution < 1.29 is 9.59 Å². The van der Waals surface area contributed by atoms with E-state index in [1.165, 1.54) is 0 Å². The number of amides is 2. The number of carbonyl (C=O) groups excluding carboxylic acids is 2. The molecule has 0 aliphatic heterocycles. The van der Waals surface area contributed by atoms with Gasteiger partial charge in [0.1, 0.15) is 0 Å². The van der Waals surface area contributed by atoms with Gasteiger partial charge in [0.25, 0.3) is 0 Å². The summed E-state index contributed by atoms with van der Waals surface area (Å²) in [5, 5.41) is 4.33. The molecule has 3 aromatic rings. The Morgan fingerprint density at radius 2 is 1.63 bits per heavy atom. The van der Waals surface area contributed by atoms with E-state index in [-0.39, 0.29) is 18.7 Å². The number of hydrogen-bond donors (Lipinski definition) is 1. The van der Waals surface area contributed by atoms with Gasteiger partial charge in [0.05, 0.1) is 18.3 Å². The van der Waals surface area contributed by atoms with E-state index < -0.39 is 5.91 Å². The molecule has 0 aliphatic rings. The zero-order valence-electron chi connectivity index (χ0n) is 15.0. The fraction of sp³-hybridized carbons (Fsp3) is 0.190. The highest BCUT2D eigenvalue weighted by atomic mass is 16.2. The molecule has 2 amide bonds. The molecule has 0 saturated carbocycles. The summed E-state index contributed by atoms with van der Waals surface area (Å²) >= 11 is 0. The van der Waals surface area contributed by atoms with Gasteiger partial charge >= 0.3 is 0 Å². The molecule has 0 bridgehead atoms. The molecule has 0 radical (unpaired) electrons. The Labute approximate surface area is 158 Å². The lowest BCUT2D eigenvalue weighted by Gasteiger charge is -2.22. The molecule has 0 spiro atoms. The molecular weight excluding hydrogens is 340 g/mol. The van der Waals surface area contributed by atoms with E-state index in [0.717, 1.165) is 16.8 Å². The van der Waals surface area contributed by atoms with Gasteiger partial charge in [-0.25, -0.2) is 4.68 Å². The monoisotopic (exact) mass is 362 g/mol. The third kappa shape index (κ3) is 5.28. The van der Waals surface area contributed by atoms with Gasteiger partial charge in [0, 0.05) is 25.7 Å². The molecule has 27 heavy (non-hydrogen) atoms. The standard InChI is InChI=1S/C21H22N4O2/c22-20(26)11-12-24(15-17-7-3-1-4-8-17)21(27)13-18-14-23-25(16-18)19-9-5-2-6-10-19/h1-10,14,16H,11-13,15H2,(H2,22,26). The molecule has 0 saturated heterocycles. The van der Waals surface area contributed by atoms with Gasteiger partial charge in [-0.15, -0.1) is 0 Å². The number of para-hydroxylation sites is 1. The lowest BCUT2D eigenvalue weighted by atomic mass is 10.1. The zero-order chi connectivity index (χ0) is 19.1. The summed E-state index contributed by atoms with van der Waals surface area (Å²) in [6, 6.07) is 19.4. The topological polar surface area (TPSA) is 81.2 Å². The molecule has 0 atom stereocenters. The molecule has 138 valence electrons. The summed E-state index contributed by atoms with van der Waals surface area (Å²) in [6.07, 6.45) is 3.90. The van der Waals surface area contributed by atoms with Gasteiger partial charge in [-0.05, 0) is 23.3 Å². The number of aromatic nitrogens is 2. The molecule has 2 aromatic carbocycles. The molecule has 6 nitrogen and oxygen atoms in total. The summed E-state index contributed by atoms with van der Waals surface area (Å²) in [7, 11) is 0. The van der Waals surface area contributed by atoms with Gasteiger partial charge in [0.2, 0.25) is 11.8 Å². The molecule has 0 unspecified atom stereocenters. The first-order valence-corrected chi connectivity index (χ1v) is 8.81. The minimum Gasteiger partial charge on any atom is -0.370 e. The maximum Gasteiger partial charge on any atom is 0.227 e. The number of primary amides is 1. The van der Waals surface area contributed by atoms with Gasteiger partial charge in [-0.2, -0.15) is 5.10 Å². The number of rotatable bonds is 8. The summed E-state index contributed by atoms with van der Waals surface area (Å²) in [5.41, 5.74) is 8.03. The van der Waals surface area contributed by atoms with Crippen LogP contribution < -0.4 is 5.73 Å². The average Bonchev–Trinajstić information content (AvgIpc) is 3.15. The van der Waals surface area contributed by atoms with Gasteiger partial charge in [-0.3, -0.25) is 9.59 Å². The van der Waals surface area contributed by atoms with Gasteiger partial charge < -0.3 is 10.6 Å². The molecule has 2 N–H and O–H groups in total. The van der Waals surface area contributed by atoms with E-state index in [2.05, 4.69) is 5.10 Å². The van der Waals surface area contributed by atoms with Crippen molar-refractivity contribution in [1.82, 2.24) is 14.7 Å². The van der Waals surface area contributed by atoms with Crippen molar-refractivity contribution in [2.24, 2.45) is 5.73 Å². The van der Waals surface area contributed by atoms with E-state index >= 15 is 0 Å². The Bertz CT molecular complexity index is 891. The van der Waals surface area contributed by atoms with Crippen molar-refractivity contribution in [2.45, 2.75) is 19.4 Å².